The lowest BCUT2D eigenvalue weighted by atomic mass is 10.1. The molecule has 0 fully saturated rings. The van der Waals surface area contributed by atoms with Crippen LogP contribution in [0, 0.1) is 0 Å². The van der Waals surface area contributed by atoms with E-state index in [1.165, 1.54) is 18.2 Å². The molecule has 0 spiro atoms. The smallest absolute Gasteiger partial charge is 0.458 e. The van der Waals surface area contributed by atoms with Gasteiger partial charge in [0.2, 0.25) is 0 Å². The molecule has 0 bridgehead atoms. The molecule has 0 heterocycles. The van der Waals surface area contributed by atoms with Crippen molar-refractivity contribution < 1.29 is 52.3 Å². The first kappa shape index (κ1) is 31.5. The summed E-state index contributed by atoms with van der Waals surface area (Å²) in [6, 6.07) is 3.17. The standard InChI is InChI=1S/C25H37NO11/c1-13(2)31-23(28)35-17(8)16(7)34-22(27)19(26)11-18-9-10-20(36-24(29)32-14(3)4)21(12-18)37-25(30)33-15(5)6/h9-10,12-17,19H,11,26H2,1-8H3/t16-,17?,19-/m0/s1. The van der Waals surface area contributed by atoms with Crippen molar-refractivity contribution >= 4 is 24.4 Å². The first-order chi connectivity index (χ1) is 17.2. The fraction of sp³-hybridized carbons (Fsp3) is 0.600. The van der Waals surface area contributed by atoms with Crippen LogP contribution >= 0.6 is 0 Å². The van der Waals surface area contributed by atoms with Gasteiger partial charge in [0, 0.05) is 0 Å². The van der Waals surface area contributed by atoms with E-state index in [9.17, 15) is 19.2 Å². The zero-order chi connectivity index (χ0) is 28.3. The molecule has 1 unspecified atom stereocenters. The average molecular weight is 528 g/mol. The maximum atomic E-state index is 12.5. The summed E-state index contributed by atoms with van der Waals surface area (Å²) < 4.78 is 35.6. The highest BCUT2D eigenvalue weighted by Crippen LogP contribution is 2.30. The minimum Gasteiger partial charge on any atom is -0.458 e. The van der Waals surface area contributed by atoms with E-state index in [4.69, 9.17) is 38.9 Å². The van der Waals surface area contributed by atoms with Crippen LogP contribution in [0.15, 0.2) is 18.2 Å². The lowest BCUT2D eigenvalue weighted by Gasteiger charge is -2.22. The van der Waals surface area contributed by atoms with E-state index in [-0.39, 0.29) is 24.0 Å². The highest BCUT2D eigenvalue weighted by atomic mass is 16.8. The van der Waals surface area contributed by atoms with Gasteiger partial charge in [0.15, 0.2) is 11.5 Å². The minimum absolute atomic E-state index is 0.0114. The van der Waals surface area contributed by atoms with Crippen LogP contribution in [0.5, 0.6) is 11.5 Å². The monoisotopic (exact) mass is 527 g/mol. The Hall–Kier alpha value is -3.54. The summed E-state index contributed by atoms with van der Waals surface area (Å²) in [5.74, 6) is -0.981. The summed E-state index contributed by atoms with van der Waals surface area (Å²) in [5, 5.41) is 0. The SMILES string of the molecule is CC(C)OC(=O)Oc1ccc(C[C@H](N)C(=O)O[C@@H](C)C(C)OC(=O)OC(C)C)cc1OC(=O)OC(C)C. The van der Waals surface area contributed by atoms with Crippen LogP contribution in [0.4, 0.5) is 14.4 Å². The Morgan fingerprint density at radius 3 is 1.62 bits per heavy atom. The summed E-state index contributed by atoms with van der Waals surface area (Å²) in [6.45, 7) is 13.0. The quantitative estimate of drug-likeness (QED) is 0.247. The lowest BCUT2D eigenvalue weighted by Crippen LogP contribution is -2.39. The summed E-state index contributed by atoms with van der Waals surface area (Å²) in [6.07, 6.45) is -5.71. The molecule has 1 aromatic rings. The lowest BCUT2D eigenvalue weighted by molar-refractivity contribution is -0.155. The number of rotatable bonds is 11. The van der Waals surface area contributed by atoms with Crippen molar-refractivity contribution in [3.63, 3.8) is 0 Å². The predicted molar refractivity (Wildman–Crippen MR) is 130 cm³/mol. The van der Waals surface area contributed by atoms with E-state index in [2.05, 4.69) is 0 Å². The van der Waals surface area contributed by atoms with Crippen LogP contribution in [0.1, 0.15) is 61.0 Å². The van der Waals surface area contributed by atoms with Crippen molar-refractivity contribution in [1.82, 2.24) is 0 Å². The normalized spacial score (nSPS) is 13.4. The molecule has 0 saturated carbocycles. The Labute approximate surface area is 216 Å². The second-order valence-electron chi connectivity index (χ2n) is 9.01. The fourth-order valence-corrected chi connectivity index (χ4v) is 2.63. The van der Waals surface area contributed by atoms with E-state index >= 15 is 0 Å². The van der Waals surface area contributed by atoms with E-state index in [1.807, 2.05) is 0 Å². The number of esters is 1. The van der Waals surface area contributed by atoms with Crippen LogP contribution in [0.3, 0.4) is 0 Å². The van der Waals surface area contributed by atoms with Crippen molar-refractivity contribution in [1.29, 1.82) is 0 Å². The van der Waals surface area contributed by atoms with Gasteiger partial charge in [-0.2, -0.15) is 0 Å². The molecule has 3 atom stereocenters. The van der Waals surface area contributed by atoms with Crippen LogP contribution in [-0.4, -0.2) is 61.0 Å². The summed E-state index contributed by atoms with van der Waals surface area (Å²) in [5.41, 5.74) is 6.48. The van der Waals surface area contributed by atoms with Gasteiger partial charge < -0.3 is 38.9 Å². The highest BCUT2D eigenvalue weighted by Gasteiger charge is 2.26. The molecule has 1 rings (SSSR count). The van der Waals surface area contributed by atoms with Gasteiger partial charge in [-0.3, -0.25) is 4.79 Å². The molecule has 12 nitrogen and oxygen atoms in total. The van der Waals surface area contributed by atoms with E-state index in [1.54, 1.807) is 55.4 Å². The van der Waals surface area contributed by atoms with Gasteiger partial charge >= 0.3 is 24.4 Å². The fourth-order valence-electron chi connectivity index (χ4n) is 2.63. The zero-order valence-electron chi connectivity index (χ0n) is 22.5. The van der Waals surface area contributed by atoms with Gasteiger partial charge in [0.1, 0.15) is 18.2 Å². The number of nitrogens with two attached hydrogens (primary N) is 1. The third-order valence-electron chi connectivity index (χ3n) is 4.39. The molecule has 208 valence electrons. The predicted octanol–water partition coefficient (Wildman–Crippen LogP) is 4.29. The number of hydrogen-bond donors (Lipinski definition) is 1. The second-order valence-corrected chi connectivity index (χ2v) is 9.01. The third kappa shape index (κ3) is 12.3. The number of hydrogen-bond acceptors (Lipinski definition) is 12. The Kier molecular flexibility index (Phi) is 12.7. The van der Waals surface area contributed by atoms with Crippen molar-refractivity contribution in [3.8, 4) is 11.5 Å². The number of ether oxygens (including phenoxy) is 7. The zero-order valence-corrected chi connectivity index (χ0v) is 22.5. The third-order valence-corrected chi connectivity index (χ3v) is 4.39. The first-order valence-corrected chi connectivity index (χ1v) is 11.9. The van der Waals surface area contributed by atoms with Crippen LogP contribution < -0.4 is 15.2 Å². The maximum Gasteiger partial charge on any atom is 0.514 e. The first-order valence-electron chi connectivity index (χ1n) is 11.9. The molecule has 1 aromatic carbocycles. The van der Waals surface area contributed by atoms with Gasteiger partial charge in [0.25, 0.3) is 0 Å². The van der Waals surface area contributed by atoms with Gasteiger partial charge in [-0.05, 0) is 79.5 Å². The van der Waals surface area contributed by atoms with E-state index in [0.717, 1.165) is 0 Å². The van der Waals surface area contributed by atoms with Crippen LogP contribution in [0.2, 0.25) is 0 Å². The van der Waals surface area contributed by atoms with Crippen molar-refractivity contribution in [2.24, 2.45) is 5.73 Å². The summed E-state index contributed by atoms with van der Waals surface area (Å²) in [7, 11) is 0. The molecule has 0 aliphatic carbocycles. The molecule has 2 N–H and O–H groups in total. The summed E-state index contributed by atoms with van der Waals surface area (Å²) in [4.78, 5) is 48.1. The Morgan fingerprint density at radius 2 is 1.11 bits per heavy atom. The minimum atomic E-state index is -1.11. The Bertz CT molecular complexity index is 929. The molecule has 0 aliphatic heterocycles. The molecule has 0 radical (unpaired) electrons. The molecule has 0 aromatic heterocycles. The second kappa shape index (κ2) is 14.9. The topological polar surface area (TPSA) is 159 Å². The Morgan fingerprint density at radius 1 is 0.649 bits per heavy atom. The molecular formula is C25H37NO11. The van der Waals surface area contributed by atoms with Gasteiger partial charge in [-0.15, -0.1) is 0 Å². The molecule has 0 amide bonds. The van der Waals surface area contributed by atoms with Crippen molar-refractivity contribution in [2.45, 2.75) is 98.4 Å². The molecule has 0 aliphatic rings. The van der Waals surface area contributed by atoms with E-state index in [0.29, 0.717) is 5.56 Å². The molecule has 12 heteroatoms. The van der Waals surface area contributed by atoms with Crippen LogP contribution in [0.25, 0.3) is 0 Å². The van der Waals surface area contributed by atoms with Gasteiger partial charge in [0.05, 0.1) is 18.3 Å². The van der Waals surface area contributed by atoms with Gasteiger partial charge in [-0.25, -0.2) is 14.4 Å². The number of benzene rings is 1. The van der Waals surface area contributed by atoms with Crippen LogP contribution in [-0.2, 0) is 34.9 Å². The van der Waals surface area contributed by atoms with E-state index < -0.39 is 54.9 Å². The van der Waals surface area contributed by atoms with Crippen molar-refractivity contribution in [2.75, 3.05) is 0 Å². The summed E-state index contributed by atoms with van der Waals surface area (Å²) >= 11 is 0. The number of carbonyl (C=O) groups excluding carboxylic acids is 4. The maximum absolute atomic E-state index is 12.5. The largest absolute Gasteiger partial charge is 0.514 e. The highest BCUT2D eigenvalue weighted by molar-refractivity contribution is 5.76. The molecule has 37 heavy (non-hydrogen) atoms. The van der Waals surface area contributed by atoms with Gasteiger partial charge in [-0.1, -0.05) is 6.07 Å². The number of carbonyl (C=O) groups is 4. The van der Waals surface area contributed by atoms with Crippen molar-refractivity contribution in [3.05, 3.63) is 23.8 Å². The molecular weight excluding hydrogens is 490 g/mol. The molecule has 0 saturated heterocycles. The average Bonchev–Trinajstić information content (AvgIpc) is 2.73. The Balaban J connectivity index is 2.91.